The molecule has 7 heteroatoms. The minimum absolute atomic E-state index is 0.233. The Morgan fingerprint density at radius 3 is 2.55 bits per heavy atom. The summed E-state index contributed by atoms with van der Waals surface area (Å²) in [5.41, 5.74) is 6.06. The van der Waals surface area contributed by atoms with Gasteiger partial charge in [0.1, 0.15) is 5.82 Å². The molecule has 1 saturated carbocycles. The van der Waals surface area contributed by atoms with Gasteiger partial charge in [-0.05, 0) is 39.2 Å². The number of hydrogen-bond donors (Lipinski definition) is 1. The van der Waals surface area contributed by atoms with Crippen LogP contribution in [0.2, 0.25) is 0 Å². The molecular weight excluding hydrogens is 282 g/mol. The third-order valence-corrected chi connectivity index (χ3v) is 4.37. The fourth-order valence-corrected chi connectivity index (χ4v) is 2.98. The van der Waals surface area contributed by atoms with Gasteiger partial charge in [-0.25, -0.2) is 9.78 Å². The van der Waals surface area contributed by atoms with Gasteiger partial charge in [0.2, 0.25) is 0 Å². The molecule has 1 fully saturated rings. The van der Waals surface area contributed by atoms with Crippen LogP contribution in [0.25, 0.3) is 11.2 Å². The van der Waals surface area contributed by atoms with Crippen molar-refractivity contribution in [1.29, 1.82) is 0 Å². The Hall–Kier alpha value is -1.89. The minimum atomic E-state index is -0.266. The number of rotatable bonds is 6. The molecular formula is C15H23N5O2. The first-order valence-corrected chi connectivity index (χ1v) is 8.00. The predicted octanol–water partition coefficient (Wildman–Crippen LogP) is 0.533. The Morgan fingerprint density at radius 2 is 1.95 bits per heavy atom. The van der Waals surface area contributed by atoms with E-state index in [1.807, 2.05) is 18.5 Å². The summed E-state index contributed by atoms with van der Waals surface area (Å²) in [5, 5.41) is 0. The molecule has 2 N–H and O–H groups in total. The topological polar surface area (TPSA) is 87.8 Å². The van der Waals surface area contributed by atoms with Gasteiger partial charge in [-0.15, -0.1) is 0 Å². The Morgan fingerprint density at radius 1 is 1.23 bits per heavy atom. The summed E-state index contributed by atoms with van der Waals surface area (Å²) < 4.78 is 4.81. The van der Waals surface area contributed by atoms with Crippen molar-refractivity contribution < 1.29 is 0 Å². The van der Waals surface area contributed by atoms with E-state index >= 15 is 0 Å². The van der Waals surface area contributed by atoms with E-state index in [-0.39, 0.29) is 11.2 Å². The first-order chi connectivity index (χ1) is 10.6. The number of imidazole rings is 1. The van der Waals surface area contributed by atoms with Gasteiger partial charge in [0.15, 0.2) is 11.2 Å². The highest BCUT2D eigenvalue weighted by atomic mass is 16.2. The zero-order valence-corrected chi connectivity index (χ0v) is 13.2. The van der Waals surface area contributed by atoms with Crippen LogP contribution in [-0.2, 0) is 20.1 Å². The van der Waals surface area contributed by atoms with Crippen LogP contribution >= 0.6 is 0 Å². The van der Waals surface area contributed by atoms with Gasteiger partial charge >= 0.3 is 5.69 Å². The molecule has 2 heterocycles. The summed E-state index contributed by atoms with van der Waals surface area (Å²) in [7, 11) is 1.87. The van der Waals surface area contributed by atoms with Gasteiger partial charge in [0.25, 0.3) is 5.56 Å². The van der Waals surface area contributed by atoms with E-state index in [2.05, 4.69) is 4.98 Å². The van der Waals surface area contributed by atoms with Crippen molar-refractivity contribution in [2.45, 2.75) is 51.6 Å². The van der Waals surface area contributed by atoms with E-state index in [1.165, 1.54) is 4.57 Å². The summed E-state index contributed by atoms with van der Waals surface area (Å²) in [5.74, 6) is 1.36. The molecule has 0 aromatic carbocycles. The van der Waals surface area contributed by atoms with Crippen LogP contribution in [0, 0.1) is 0 Å². The third-order valence-electron chi connectivity index (χ3n) is 4.37. The summed E-state index contributed by atoms with van der Waals surface area (Å²) in [6.07, 6.45) is 3.75. The average molecular weight is 305 g/mol. The molecule has 1 aliphatic rings. The van der Waals surface area contributed by atoms with Crippen LogP contribution in [0.1, 0.15) is 44.3 Å². The number of aromatic nitrogens is 4. The second-order valence-corrected chi connectivity index (χ2v) is 5.95. The molecule has 120 valence electrons. The number of fused-ring (bicyclic) bond motifs is 1. The maximum Gasteiger partial charge on any atom is 0.332 e. The lowest BCUT2D eigenvalue weighted by atomic mass is 10.3. The highest BCUT2D eigenvalue weighted by molar-refractivity contribution is 5.71. The molecule has 2 aromatic heterocycles. The molecule has 7 nitrogen and oxygen atoms in total. The monoisotopic (exact) mass is 305 g/mol. The smallest absolute Gasteiger partial charge is 0.330 e. The van der Waals surface area contributed by atoms with Gasteiger partial charge in [-0.3, -0.25) is 13.9 Å². The maximum absolute atomic E-state index is 12.7. The van der Waals surface area contributed by atoms with Crippen LogP contribution in [0.3, 0.4) is 0 Å². The standard InChI is InChI=1S/C15H23N5O2/c1-3-19-13-11(18(2)12(17-13)10-6-7-10)14(21)20(15(19)22)9-5-4-8-16/h10H,3-9,16H2,1-2H3. The molecule has 0 bridgehead atoms. The fraction of sp³-hybridized carbons (Fsp3) is 0.667. The fourth-order valence-electron chi connectivity index (χ4n) is 2.98. The minimum Gasteiger partial charge on any atom is -0.330 e. The molecule has 0 spiro atoms. The highest BCUT2D eigenvalue weighted by Gasteiger charge is 2.30. The lowest BCUT2D eigenvalue weighted by Crippen LogP contribution is -2.40. The van der Waals surface area contributed by atoms with Crippen LogP contribution in [0.5, 0.6) is 0 Å². The Bertz CT molecular complexity index is 810. The quantitative estimate of drug-likeness (QED) is 0.789. The van der Waals surface area contributed by atoms with Crippen molar-refractivity contribution in [3.8, 4) is 0 Å². The Balaban J connectivity index is 2.22. The van der Waals surface area contributed by atoms with Crippen molar-refractivity contribution in [2.24, 2.45) is 12.8 Å². The van der Waals surface area contributed by atoms with Crippen molar-refractivity contribution in [1.82, 2.24) is 18.7 Å². The first kappa shape index (κ1) is 15.0. The summed E-state index contributed by atoms with van der Waals surface area (Å²) in [4.78, 5) is 29.9. The van der Waals surface area contributed by atoms with Gasteiger partial charge < -0.3 is 10.3 Å². The molecule has 0 unspecified atom stereocenters. The number of unbranched alkanes of at least 4 members (excludes halogenated alkanes) is 1. The van der Waals surface area contributed by atoms with Crippen LogP contribution in [0.4, 0.5) is 0 Å². The predicted molar refractivity (Wildman–Crippen MR) is 85.2 cm³/mol. The molecule has 0 aliphatic heterocycles. The maximum atomic E-state index is 12.7. The van der Waals surface area contributed by atoms with E-state index in [1.54, 1.807) is 4.57 Å². The van der Waals surface area contributed by atoms with Crippen molar-refractivity contribution in [2.75, 3.05) is 6.54 Å². The number of nitrogens with zero attached hydrogens (tertiary/aromatic N) is 4. The largest absolute Gasteiger partial charge is 0.332 e. The van der Waals surface area contributed by atoms with Gasteiger partial charge in [-0.2, -0.15) is 0 Å². The molecule has 0 amide bonds. The molecule has 1 aliphatic carbocycles. The highest BCUT2D eigenvalue weighted by Crippen LogP contribution is 2.39. The second kappa shape index (κ2) is 5.72. The molecule has 22 heavy (non-hydrogen) atoms. The van der Waals surface area contributed by atoms with Gasteiger partial charge in [0.05, 0.1) is 0 Å². The van der Waals surface area contributed by atoms with Crippen molar-refractivity contribution >= 4 is 11.2 Å². The average Bonchev–Trinajstić information content (AvgIpc) is 3.27. The van der Waals surface area contributed by atoms with Crippen LogP contribution in [0.15, 0.2) is 9.59 Å². The number of nitrogens with two attached hydrogens (primary N) is 1. The van der Waals surface area contributed by atoms with E-state index in [9.17, 15) is 9.59 Å². The lowest BCUT2D eigenvalue weighted by Gasteiger charge is -2.10. The molecule has 0 atom stereocenters. The lowest BCUT2D eigenvalue weighted by molar-refractivity contribution is 0.544. The molecule has 2 aromatic rings. The molecule has 0 saturated heterocycles. The van der Waals surface area contributed by atoms with Crippen LogP contribution in [-0.4, -0.2) is 25.2 Å². The van der Waals surface area contributed by atoms with E-state index in [4.69, 9.17) is 5.73 Å². The first-order valence-electron chi connectivity index (χ1n) is 8.00. The van der Waals surface area contributed by atoms with Crippen LogP contribution < -0.4 is 17.0 Å². The zero-order valence-electron chi connectivity index (χ0n) is 13.2. The normalized spacial score (nSPS) is 14.9. The van der Waals surface area contributed by atoms with Gasteiger partial charge in [0, 0.05) is 26.1 Å². The van der Waals surface area contributed by atoms with Crippen molar-refractivity contribution in [3.63, 3.8) is 0 Å². The molecule has 3 rings (SSSR count). The van der Waals surface area contributed by atoms with E-state index in [0.717, 1.165) is 31.5 Å². The zero-order chi connectivity index (χ0) is 15.9. The van der Waals surface area contributed by atoms with Crippen molar-refractivity contribution in [3.05, 3.63) is 26.7 Å². The Kier molecular flexibility index (Phi) is 3.90. The second-order valence-electron chi connectivity index (χ2n) is 5.95. The SMILES string of the molecule is CCn1c(=O)n(CCCCN)c(=O)c2c1nc(C1CC1)n2C. The summed E-state index contributed by atoms with van der Waals surface area (Å²) in [6.45, 7) is 3.39. The summed E-state index contributed by atoms with van der Waals surface area (Å²) >= 11 is 0. The summed E-state index contributed by atoms with van der Waals surface area (Å²) in [6, 6.07) is 0. The van der Waals surface area contributed by atoms with Gasteiger partial charge in [-0.1, -0.05) is 0 Å². The van der Waals surface area contributed by atoms with E-state index < -0.39 is 0 Å². The Labute approximate surface area is 128 Å². The molecule has 0 radical (unpaired) electrons. The third kappa shape index (κ3) is 2.29. The van der Waals surface area contributed by atoms with E-state index in [0.29, 0.717) is 36.7 Å². The number of hydrogen-bond acceptors (Lipinski definition) is 4. The number of aryl methyl sites for hydroxylation is 2.